The van der Waals surface area contributed by atoms with Gasteiger partial charge in [-0.3, -0.25) is 4.68 Å². The first-order valence-corrected chi connectivity index (χ1v) is 9.89. The third-order valence-corrected chi connectivity index (χ3v) is 4.71. The van der Waals surface area contributed by atoms with Gasteiger partial charge in [0.2, 0.25) is 0 Å². The molecule has 0 aliphatic carbocycles. The van der Waals surface area contributed by atoms with Crippen molar-refractivity contribution < 1.29 is 9.53 Å². The maximum atomic E-state index is 12.1. The van der Waals surface area contributed by atoms with Crippen LogP contribution in [0.5, 0.6) is 0 Å². The normalized spacial score (nSPS) is 12.4. The number of amides is 1. The van der Waals surface area contributed by atoms with Crippen molar-refractivity contribution in [3.63, 3.8) is 0 Å². The third kappa shape index (κ3) is 5.47. The van der Waals surface area contributed by atoms with Crippen LogP contribution >= 0.6 is 0 Å². The Hall–Kier alpha value is -3.08. The number of nitrogens with zero attached hydrogens (tertiary/aromatic N) is 2. The molecule has 29 heavy (non-hydrogen) atoms. The van der Waals surface area contributed by atoms with E-state index in [1.165, 1.54) is 5.56 Å². The van der Waals surface area contributed by atoms with Crippen LogP contribution in [-0.2, 0) is 11.3 Å². The van der Waals surface area contributed by atoms with Crippen molar-refractivity contribution in [2.24, 2.45) is 0 Å². The number of hydrogen-bond acceptors (Lipinski definition) is 3. The largest absolute Gasteiger partial charge is 0.444 e. The van der Waals surface area contributed by atoms with E-state index in [1.54, 1.807) is 0 Å². The van der Waals surface area contributed by atoms with Crippen molar-refractivity contribution in [3.05, 3.63) is 77.6 Å². The summed E-state index contributed by atoms with van der Waals surface area (Å²) in [5, 5.41) is 7.45. The summed E-state index contributed by atoms with van der Waals surface area (Å²) in [5.74, 6) is 0. The fraction of sp³-hybridized carbons (Fsp3) is 0.333. The maximum Gasteiger partial charge on any atom is 0.408 e. The van der Waals surface area contributed by atoms with Crippen molar-refractivity contribution in [2.75, 3.05) is 0 Å². The van der Waals surface area contributed by atoms with Crippen molar-refractivity contribution in [3.8, 4) is 11.1 Å². The highest BCUT2D eigenvalue weighted by Crippen LogP contribution is 2.29. The Morgan fingerprint density at radius 1 is 1.14 bits per heavy atom. The molecule has 0 radical (unpaired) electrons. The number of rotatable bonds is 5. The van der Waals surface area contributed by atoms with Crippen LogP contribution in [0.2, 0.25) is 0 Å². The van der Waals surface area contributed by atoms with Gasteiger partial charge in [-0.15, -0.1) is 0 Å². The van der Waals surface area contributed by atoms with Gasteiger partial charge in [0, 0.05) is 11.8 Å². The SMILES string of the molecule is Cc1c(-c2cnn(Cc3ccccc3)c2)cccc1[C@@H](C)NC(=O)OC(C)(C)C. The summed E-state index contributed by atoms with van der Waals surface area (Å²) < 4.78 is 7.32. The molecule has 1 aromatic heterocycles. The van der Waals surface area contributed by atoms with Gasteiger partial charge >= 0.3 is 6.09 Å². The molecule has 0 fully saturated rings. The summed E-state index contributed by atoms with van der Waals surface area (Å²) >= 11 is 0. The number of carbonyl (C=O) groups is 1. The van der Waals surface area contributed by atoms with E-state index >= 15 is 0 Å². The molecule has 0 aliphatic rings. The molecular weight excluding hydrogens is 362 g/mol. The second kappa shape index (κ2) is 8.52. The lowest BCUT2D eigenvalue weighted by Crippen LogP contribution is -2.34. The molecule has 152 valence electrons. The quantitative estimate of drug-likeness (QED) is 0.625. The van der Waals surface area contributed by atoms with Gasteiger partial charge < -0.3 is 10.1 Å². The van der Waals surface area contributed by atoms with Crippen LogP contribution < -0.4 is 5.32 Å². The summed E-state index contributed by atoms with van der Waals surface area (Å²) in [6, 6.07) is 16.2. The minimum Gasteiger partial charge on any atom is -0.444 e. The molecular formula is C24H29N3O2. The van der Waals surface area contributed by atoms with E-state index in [0.717, 1.165) is 28.8 Å². The highest BCUT2D eigenvalue weighted by molar-refractivity contribution is 5.70. The number of alkyl carbamates (subject to hydrolysis) is 1. The predicted octanol–water partition coefficient (Wildman–Crippen LogP) is 5.49. The Kier molecular flexibility index (Phi) is 6.06. The molecule has 0 unspecified atom stereocenters. The molecule has 1 N–H and O–H groups in total. The van der Waals surface area contributed by atoms with Gasteiger partial charge in [0.15, 0.2) is 0 Å². The lowest BCUT2D eigenvalue weighted by atomic mass is 9.95. The van der Waals surface area contributed by atoms with E-state index < -0.39 is 11.7 Å². The van der Waals surface area contributed by atoms with Crippen molar-refractivity contribution in [1.29, 1.82) is 0 Å². The summed E-state index contributed by atoms with van der Waals surface area (Å²) in [6.45, 7) is 10.3. The number of aromatic nitrogens is 2. The summed E-state index contributed by atoms with van der Waals surface area (Å²) in [6.07, 6.45) is 3.54. The summed E-state index contributed by atoms with van der Waals surface area (Å²) in [7, 11) is 0. The minimum atomic E-state index is -0.520. The zero-order chi connectivity index (χ0) is 21.0. The van der Waals surface area contributed by atoms with Crippen molar-refractivity contribution in [2.45, 2.75) is 52.8 Å². The van der Waals surface area contributed by atoms with Crippen LogP contribution in [0.15, 0.2) is 60.9 Å². The lowest BCUT2D eigenvalue weighted by molar-refractivity contribution is 0.0508. The number of ether oxygens (including phenoxy) is 1. The van der Waals surface area contributed by atoms with Gasteiger partial charge in [0.1, 0.15) is 5.60 Å². The molecule has 0 saturated heterocycles. The average Bonchev–Trinajstić information content (AvgIpc) is 3.09. The molecule has 5 nitrogen and oxygen atoms in total. The molecule has 1 amide bonds. The van der Waals surface area contributed by atoms with Crippen molar-refractivity contribution >= 4 is 6.09 Å². The molecule has 2 aromatic carbocycles. The average molecular weight is 392 g/mol. The predicted molar refractivity (Wildman–Crippen MR) is 116 cm³/mol. The Morgan fingerprint density at radius 2 is 1.86 bits per heavy atom. The van der Waals surface area contributed by atoms with Gasteiger partial charge in [0.05, 0.1) is 18.8 Å². The molecule has 5 heteroatoms. The first kappa shape index (κ1) is 20.6. The Labute approximate surface area is 172 Å². The summed E-state index contributed by atoms with van der Waals surface area (Å²) in [5.41, 5.74) is 5.04. The van der Waals surface area contributed by atoms with E-state index in [-0.39, 0.29) is 6.04 Å². The zero-order valence-corrected chi connectivity index (χ0v) is 17.8. The molecule has 0 bridgehead atoms. The van der Waals surface area contributed by atoms with Crippen LogP contribution in [-0.4, -0.2) is 21.5 Å². The fourth-order valence-corrected chi connectivity index (χ4v) is 3.36. The van der Waals surface area contributed by atoms with Gasteiger partial charge in [-0.25, -0.2) is 4.79 Å². The lowest BCUT2D eigenvalue weighted by Gasteiger charge is -2.23. The van der Waals surface area contributed by atoms with Crippen LogP contribution in [0, 0.1) is 6.92 Å². The van der Waals surface area contributed by atoms with Crippen LogP contribution in [0.4, 0.5) is 4.79 Å². The molecule has 0 aliphatic heterocycles. The second-order valence-corrected chi connectivity index (χ2v) is 8.30. The molecule has 1 heterocycles. The van der Waals surface area contributed by atoms with E-state index in [0.29, 0.717) is 0 Å². The van der Waals surface area contributed by atoms with Crippen LogP contribution in [0.3, 0.4) is 0 Å². The van der Waals surface area contributed by atoms with E-state index in [9.17, 15) is 4.79 Å². The zero-order valence-electron chi connectivity index (χ0n) is 17.8. The van der Waals surface area contributed by atoms with E-state index in [4.69, 9.17) is 4.74 Å². The molecule has 3 rings (SSSR count). The van der Waals surface area contributed by atoms with Crippen LogP contribution in [0.25, 0.3) is 11.1 Å². The topological polar surface area (TPSA) is 56.2 Å². The Morgan fingerprint density at radius 3 is 2.55 bits per heavy atom. The highest BCUT2D eigenvalue weighted by Gasteiger charge is 2.20. The monoisotopic (exact) mass is 391 g/mol. The van der Waals surface area contributed by atoms with Gasteiger partial charge in [-0.1, -0.05) is 48.5 Å². The van der Waals surface area contributed by atoms with Gasteiger partial charge in [-0.05, 0) is 56.9 Å². The van der Waals surface area contributed by atoms with Crippen molar-refractivity contribution in [1.82, 2.24) is 15.1 Å². The minimum absolute atomic E-state index is 0.163. The number of hydrogen-bond donors (Lipinski definition) is 1. The molecule has 0 saturated carbocycles. The van der Waals surface area contributed by atoms with E-state index in [2.05, 4.69) is 41.7 Å². The first-order valence-electron chi connectivity index (χ1n) is 9.89. The standard InChI is InChI=1S/C24H29N3O2/c1-17-21(18(2)26-23(28)29-24(3,4)5)12-9-13-22(17)20-14-25-27(16-20)15-19-10-7-6-8-11-19/h6-14,16,18H,15H2,1-5H3,(H,26,28)/t18-/m1/s1. The fourth-order valence-electron chi connectivity index (χ4n) is 3.36. The van der Waals surface area contributed by atoms with Gasteiger partial charge in [-0.2, -0.15) is 5.10 Å². The molecule has 0 spiro atoms. The number of carbonyl (C=O) groups excluding carboxylic acids is 1. The van der Waals surface area contributed by atoms with Crippen LogP contribution in [0.1, 0.15) is 50.4 Å². The number of nitrogens with one attached hydrogen (secondary N) is 1. The highest BCUT2D eigenvalue weighted by atomic mass is 16.6. The maximum absolute atomic E-state index is 12.1. The smallest absolute Gasteiger partial charge is 0.408 e. The molecule has 3 aromatic rings. The second-order valence-electron chi connectivity index (χ2n) is 8.30. The summed E-state index contributed by atoms with van der Waals surface area (Å²) in [4.78, 5) is 12.1. The van der Waals surface area contributed by atoms with Gasteiger partial charge in [0.25, 0.3) is 0 Å². The first-order chi connectivity index (χ1) is 13.7. The Bertz CT molecular complexity index is 971. The number of benzene rings is 2. The third-order valence-electron chi connectivity index (χ3n) is 4.71. The molecule has 1 atom stereocenters. The van der Waals surface area contributed by atoms with E-state index in [1.807, 2.05) is 68.9 Å². The Balaban J connectivity index is 1.77.